The third-order valence-corrected chi connectivity index (χ3v) is 6.29. The maximum atomic E-state index is 13.6. The topological polar surface area (TPSA) is 67.2 Å². The highest BCUT2D eigenvalue weighted by atomic mass is 35.5. The molecule has 4 rings (SSSR count). The van der Waals surface area contributed by atoms with Crippen molar-refractivity contribution in [1.82, 2.24) is 14.5 Å². The number of nitrogens with zero attached hydrogens (tertiary/aromatic N) is 3. The van der Waals surface area contributed by atoms with Crippen molar-refractivity contribution in [3.8, 4) is 5.69 Å². The van der Waals surface area contributed by atoms with Crippen molar-refractivity contribution in [3.63, 3.8) is 0 Å². The van der Waals surface area contributed by atoms with Crippen LogP contribution in [0.15, 0.2) is 71.5 Å². The smallest absolute Gasteiger partial charge is 0.317 e. The number of anilines is 1. The molecular weight excluding hydrogens is 448 g/mol. The summed E-state index contributed by atoms with van der Waals surface area (Å²) in [6.45, 7) is 5.89. The van der Waals surface area contributed by atoms with Crippen molar-refractivity contribution in [2.75, 3.05) is 12.4 Å². The monoisotopic (exact) mass is 474 g/mol. The number of aryl methyl sites for hydroxylation is 2. The van der Waals surface area contributed by atoms with E-state index in [1.54, 1.807) is 40.8 Å². The molecule has 0 fully saturated rings. The second-order valence-corrected chi connectivity index (χ2v) is 8.78. The highest BCUT2D eigenvalue weighted by molar-refractivity contribution is 6.30. The second kappa shape index (κ2) is 9.69. The number of amides is 2. The van der Waals surface area contributed by atoms with Crippen molar-refractivity contribution in [2.24, 2.45) is 0 Å². The van der Waals surface area contributed by atoms with Crippen LogP contribution in [0.4, 0.5) is 10.5 Å². The number of para-hydroxylation sites is 2. The third-order valence-electron chi connectivity index (χ3n) is 6.05. The zero-order valence-electron chi connectivity index (χ0n) is 19.7. The van der Waals surface area contributed by atoms with Gasteiger partial charge < -0.3 is 10.2 Å². The SMILES string of the molecule is CCC(c1nc2ccccc2c(=O)n1-c1cccc(Cl)c1)N(C)C(=O)Nc1c(C)cccc1C. The average Bonchev–Trinajstić information content (AvgIpc) is 2.82. The molecule has 6 nitrogen and oxygen atoms in total. The van der Waals surface area contributed by atoms with Gasteiger partial charge in [0.1, 0.15) is 5.82 Å². The molecule has 1 atom stereocenters. The Morgan fingerprint density at radius 1 is 1.06 bits per heavy atom. The molecule has 4 aromatic rings. The van der Waals surface area contributed by atoms with E-state index in [-0.39, 0.29) is 11.6 Å². The van der Waals surface area contributed by atoms with Gasteiger partial charge in [0.15, 0.2) is 0 Å². The minimum absolute atomic E-state index is 0.204. The van der Waals surface area contributed by atoms with Gasteiger partial charge in [0.2, 0.25) is 0 Å². The lowest BCUT2D eigenvalue weighted by Crippen LogP contribution is -2.38. The maximum absolute atomic E-state index is 13.6. The Hall–Kier alpha value is -3.64. The Bertz CT molecular complexity index is 1410. The fraction of sp³-hybridized carbons (Fsp3) is 0.222. The molecule has 3 aromatic carbocycles. The largest absolute Gasteiger partial charge is 0.322 e. The summed E-state index contributed by atoms with van der Waals surface area (Å²) in [5.41, 5.74) is 3.73. The molecule has 0 aliphatic carbocycles. The van der Waals surface area contributed by atoms with Crippen LogP contribution in [0.25, 0.3) is 16.6 Å². The summed E-state index contributed by atoms with van der Waals surface area (Å²) in [4.78, 5) is 33.4. The van der Waals surface area contributed by atoms with Crippen molar-refractivity contribution in [1.29, 1.82) is 0 Å². The van der Waals surface area contributed by atoms with E-state index in [1.807, 2.05) is 63.2 Å². The summed E-state index contributed by atoms with van der Waals surface area (Å²) in [6.07, 6.45) is 0.558. The van der Waals surface area contributed by atoms with Crippen molar-refractivity contribution in [3.05, 3.63) is 99.1 Å². The number of halogens is 1. The Balaban J connectivity index is 1.84. The standard InChI is InChI=1S/C27H27ClN4O2/c1-5-23(31(4)27(34)30-24-17(2)10-8-11-18(24)3)25-29-22-15-7-6-14-21(22)26(33)32(25)20-13-9-12-19(28)16-20/h6-16,23H,5H2,1-4H3,(H,30,34). The highest BCUT2D eigenvalue weighted by Crippen LogP contribution is 2.27. The highest BCUT2D eigenvalue weighted by Gasteiger charge is 2.27. The number of hydrogen-bond donors (Lipinski definition) is 1. The van der Waals surface area contributed by atoms with Crippen LogP contribution in [0.3, 0.4) is 0 Å². The predicted molar refractivity (Wildman–Crippen MR) is 138 cm³/mol. The van der Waals surface area contributed by atoms with Crippen LogP contribution in [0.5, 0.6) is 0 Å². The molecule has 1 aromatic heterocycles. The number of benzene rings is 3. The Kier molecular flexibility index (Phi) is 6.70. The molecule has 0 aliphatic heterocycles. The minimum Gasteiger partial charge on any atom is -0.317 e. The number of aromatic nitrogens is 2. The number of urea groups is 1. The fourth-order valence-corrected chi connectivity index (χ4v) is 4.40. The van der Waals surface area contributed by atoms with E-state index in [0.717, 1.165) is 16.8 Å². The van der Waals surface area contributed by atoms with Gasteiger partial charge in [0, 0.05) is 17.8 Å². The number of rotatable bonds is 5. The summed E-state index contributed by atoms with van der Waals surface area (Å²) in [5, 5.41) is 4.05. The molecule has 174 valence electrons. The maximum Gasteiger partial charge on any atom is 0.322 e. The lowest BCUT2D eigenvalue weighted by atomic mass is 10.1. The lowest BCUT2D eigenvalue weighted by Gasteiger charge is -2.29. The first-order valence-corrected chi connectivity index (χ1v) is 11.6. The molecule has 0 bridgehead atoms. The van der Waals surface area contributed by atoms with Gasteiger partial charge in [0.05, 0.1) is 22.6 Å². The van der Waals surface area contributed by atoms with Gasteiger partial charge in [-0.1, -0.05) is 54.9 Å². The average molecular weight is 475 g/mol. The summed E-state index contributed by atoms with van der Waals surface area (Å²) in [6, 6.07) is 19.5. The molecule has 1 N–H and O–H groups in total. The lowest BCUT2D eigenvalue weighted by molar-refractivity contribution is 0.199. The van der Waals surface area contributed by atoms with Gasteiger partial charge in [-0.25, -0.2) is 9.78 Å². The first kappa shape index (κ1) is 23.5. The normalized spacial score (nSPS) is 11.9. The minimum atomic E-state index is -0.458. The van der Waals surface area contributed by atoms with Gasteiger partial charge in [-0.05, 0) is 61.7 Å². The number of nitrogens with one attached hydrogen (secondary N) is 1. The van der Waals surface area contributed by atoms with Crippen LogP contribution >= 0.6 is 11.6 Å². The van der Waals surface area contributed by atoms with E-state index in [4.69, 9.17) is 16.6 Å². The van der Waals surface area contributed by atoms with Crippen LogP contribution in [0.1, 0.15) is 36.3 Å². The third kappa shape index (κ3) is 4.41. The first-order valence-electron chi connectivity index (χ1n) is 11.2. The summed E-state index contributed by atoms with van der Waals surface area (Å²) >= 11 is 6.25. The summed E-state index contributed by atoms with van der Waals surface area (Å²) in [7, 11) is 1.72. The van der Waals surface area contributed by atoms with Crippen LogP contribution < -0.4 is 10.9 Å². The van der Waals surface area contributed by atoms with Gasteiger partial charge in [-0.15, -0.1) is 0 Å². The molecule has 1 heterocycles. The molecule has 7 heteroatoms. The van der Waals surface area contributed by atoms with E-state index >= 15 is 0 Å². The van der Waals surface area contributed by atoms with Crippen LogP contribution in [0, 0.1) is 13.8 Å². The van der Waals surface area contributed by atoms with E-state index in [2.05, 4.69) is 5.32 Å². The molecule has 0 spiro atoms. The van der Waals surface area contributed by atoms with Crippen molar-refractivity contribution >= 4 is 34.2 Å². The van der Waals surface area contributed by atoms with Crippen LogP contribution in [-0.2, 0) is 0 Å². The Morgan fingerprint density at radius 3 is 2.41 bits per heavy atom. The van der Waals surface area contributed by atoms with E-state index in [0.29, 0.717) is 33.9 Å². The van der Waals surface area contributed by atoms with Gasteiger partial charge in [0.25, 0.3) is 5.56 Å². The molecule has 0 aliphatic rings. The zero-order valence-corrected chi connectivity index (χ0v) is 20.4. The second-order valence-electron chi connectivity index (χ2n) is 8.34. The predicted octanol–water partition coefficient (Wildman–Crippen LogP) is 6.27. The van der Waals surface area contributed by atoms with Crippen LogP contribution in [0.2, 0.25) is 5.02 Å². The van der Waals surface area contributed by atoms with Gasteiger partial charge in [-0.2, -0.15) is 0 Å². The summed E-state index contributed by atoms with van der Waals surface area (Å²) in [5.74, 6) is 0.479. The first-order chi connectivity index (χ1) is 16.3. The molecule has 1 unspecified atom stereocenters. The number of carbonyl (C=O) groups is 1. The Morgan fingerprint density at radius 2 is 1.74 bits per heavy atom. The van der Waals surface area contributed by atoms with Crippen LogP contribution in [-0.4, -0.2) is 27.5 Å². The number of hydrogen-bond acceptors (Lipinski definition) is 3. The van der Waals surface area contributed by atoms with E-state index in [1.165, 1.54) is 0 Å². The van der Waals surface area contributed by atoms with Gasteiger partial charge >= 0.3 is 6.03 Å². The molecule has 0 radical (unpaired) electrons. The number of carbonyl (C=O) groups excluding carboxylic acids is 1. The number of fused-ring (bicyclic) bond motifs is 1. The molecule has 0 saturated heterocycles. The fourth-order valence-electron chi connectivity index (χ4n) is 4.22. The Labute approximate surface area is 203 Å². The summed E-state index contributed by atoms with van der Waals surface area (Å²) < 4.78 is 1.56. The van der Waals surface area contributed by atoms with Crippen molar-refractivity contribution < 1.29 is 4.79 Å². The molecule has 2 amide bonds. The quantitative estimate of drug-likeness (QED) is 0.370. The molecule has 34 heavy (non-hydrogen) atoms. The molecular formula is C27H27ClN4O2. The van der Waals surface area contributed by atoms with Crippen molar-refractivity contribution in [2.45, 2.75) is 33.2 Å². The van der Waals surface area contributed by atoms with E-state index in [9.17, 15) is 9.59 Å². The van der Waals surface area contributed by atoms with E-state index < -0.39 is 6.04 Å². The zero-order chi connectivity index (χ0) is 24.4. The van der Waals surface area contributed by atoms with Gasteiger partial charge in [-0.3, -0.25) is 9.36 Å². The molecule has 0 saturated carbocycles.